The number of pyridine rings is 2. The van der Waals surface area contributed by atoms with E-state index in [1.54, 1.807) is 0 Å². The molecule has 10 rings (SSSR count). The summed E-state index contributed by atoms with van der Waals surface area (Å²) in [6, 6.07) is 30.3. The standard InChI is InChI=1S/C32H15N3O2/c36-31-20-9-3-1-7-16(20)22-15-23-17-8-2-4-10-21(17)32(37)34-25-14-6-12-19-18-11-5-13-24-26(18)35(27(19)25)30(29(23)34)28(22)33(24)31/h1-15H. The maximum absolute atomic E-state index is 14.1. The first-order valence-electron chi connectivity index (χ1n) is 12.4. The lowest BCUT2D eigenvalue weighted by molar-refractivity contribution is 1.13. The molecule has 0 amide bonds. The first kappa shape index (κ1) is 18.2. The van der Waals surface area contributed by atoms with Crippen molar-refractivity contribution in [1.82, 2.24) is 13.2 Å². The zero-order valence-electron chi connectivity index (χ0n) is 19.3. The first-order chi connectivity index (χ1) is 18.2. The zero-order chi connectivity index (χ0) is 24.2. The van der Waals surface area contributed by atoms with Gasteiger partial charge in [-0.25, -0.2) is 0 Å². The molecule has 0 aliphatic heterocycles. The van der Waals surface area contributed by atoms with Gasteiger partial charge in [0.2, 0.25) is 0 Å². The highest BCUT2D eigenvalue weighted by Gasteiger charge is 2.27. The van der Waals surface area contributed by atoms with Crippen molar-refractivity contribution in [3.63, 3.8) is 0 Å². The Morgan fingerprint density at radius 3 is 1.27 bits per heavy atom. The van der Waals surface area contributed by atoms with Gasteiger partial charge in [-0.3, -0.25) is 18.4 Å². The highest BCUT2D eigenvalue weighted by atomic mass is 16.1. The lowest BCUT2D eigenvalue weighted by Crippen LogP contribution is -2.21. The molecule has 5 heteroatoms. The summed E-state index contributed by atoms with van der Waals surface area (Å²) in [5.74, 6) is 0. The third-order valence-corrected chi connectivity index (χ3v) is 8.47. The minimum Gasteiger partial charge on any atom is -0.301 e. The van der Waals surface area contributed by atoms with E-state index in [9.17, 15) is 9.59 Å². The van der Waals surface area contributed by atoms with Gasteiger partial charge < -0.3 is 4.40 Å². The quantitative estimate of drug-likeness (QED) is 0.189. The second kappa shape index (κ2) is 5.63. The molecule has 0 unspecified atom stereocenters. The molecule has 37 heavy (non-hydrogen) atoms. The van der Waals surface area contributed by atoms with Gasteiger partial charge in [-0.15, -0.1) is 0 Å². The van der Waals surface area contributed by atoms with Crippen LogP contribution in [0.3, 0.4) is 0 Å². The van der Waals surface area contributed by atoms with Crippen LogP contribution in [0.5, 0.6) is 0 Å². The third-order valence-electron chi connectivity index (χ3n) is 8.47. The molecule has 0 radical (unpaired) electrons. The number of aromatic nitrogens is 3. The molecule has 0 N–H and O–H groups in total. The smallest absolute Gasteiger partial charge is 0.263 e. The molecular formula is C32H15N3O2. The molecule has 5 aromatic carbocycles. The fraction of sp³-hybridized carbons (Fsp3) is 0. The van der Waals surface area contributed by atoms with Gasteiger partial charge in [-0.2, -0.15) is 0 Å². The lowest BCUT2D eigenvalue weighted by atomic mass is 9.98. The maximum Gasteiger partial charge on any atom is 0.263 e. The summed E-state index contributed by atoms with van der Waals surface area (Å²) in [5, 5.41) is 7.42. The summed E-state index contributed by atoms with van der Waals surface area (Å²) in [4.78, 5) is 28.3. The molecule has 170 valence electrons. The van der Waals surface area contributed by atoms with Gasteiger partial charge in [-0.1, -0.05) is 60.7 Å². The predicted molar refractivity (Wildman–Crippen MR) is 150 cm³/mol. The molecule has 10 aromatic rings. The average molecular weight is 473 g/mol. The highest BCUT2D eigenvalue weighted by molar-refractivity contribution is 6.29. The van der Waals surface area contributed by atoms with Gasteiger partial charge in [0.15, 0.2) is 0 Å². The van der Waals surface area contributed by atoms with E-state index in [4.69, 9.17) is 0 Å². The van der Waals surface area contributed by atoms with Crippen LogP contribution in [0, 0.1) is 0 Å². The SMILES string of the molecule is O=c1c2ccccc2c2cc3c4ccccc4c(=O)n4c5cccc6c7cccc8c7n(c65)c(c2n18)c34. The van der Waals surface area contributed by atoms with Crippen LogP contribution in [0.2, 0.25) is 0 Å². The van der Waals surface area contributed by atoms with Crippen LogP contribution in [-0.2, 0) is 0 Å². The van der Waals surface area contributed by atoms with Crippen LogP contribution in [0.4, 0.5) is 0 Å². The molecule has 5 aromatic heterocycles. The van der Waals surface area contributed by atoms with Crippen LogP contribution >= 0.6 is 0 Å². The minimum absolute atomic E-state index is 0.0387. The van der Waals surface area contributed by atoms with Gasteiger partial charge in [0, 0.05) is 32.3 Å². The normalized spacial score (nSPS) is 13.1. The van der Waals surface area contributed by atoms with Crippen molar-refractivity contribution in [2.24, 2.45) is 0 Å². The monoisotopic (exact) mass is 473 g/mol. The van der Waals surface area contributed by atoms with Crippen molar-refractivity contribution in [1.29, 1.82) is 0 Å². The topological polar surface area (TPSA) is 47.4 Å². The molecule has 0 saturated heterocycles. The predicted octanol–water partition coefficient (Wildman–Crippen LogP) is 6.40. The van der Waals surface area contributed by atoms with E-state index >= 15 is 0 Å². The van der Waals surface area contributed by atoms with Gasteiger partial charge in [0.05, 0.1) is 38.6 Å². The maximum atomic E-state index is 14.1. The molecule has 0 saturated carbocycles. The lowest BCUT2D eigenvalue weighted by Gasteiger charge is -2.22. The molecule has 5 heterocycles. The third kappa shape index (κ3) is 1.76. The summed E-state index contributed by atoms with van der Waals surface area (Å²) in [6.45, 7) is 0. The van der Waals surface area contributed by atoms with E-state index in [1.165, 1.54) is 0 Å². The molecule has 0 fully saturated rings. The summed E-state index contributed by atoms with van der Waals surface area (Å²) in [7, 11) is 0. The molecule has 0 bridgehead atoms. The second-order valence-corrected chi connectivity index (χ2v) is 10.1. The highest BCUT2D eigenvalue weighted by Crippen LogP contribution is 2.44. The Labute approximate surface area is 206 Å². The number of nitrogens with zero attached hydrogens (tertiary/aromatic N) is 3. The van der Waals surface area contributed by atoms with Gasteiger partial charge in [0.25, 0.3) is 11.1 Å². The fourth-order valence-electron chi connectivity index (χ4n) is 7.10. The Hall–Kier alpha value is -5.16. The molecule has 5 nitrogen and oxygen atoms in total. The van der Waals surface area contributed by atoms with Crippen molar-refractivity contribution in [2.45, 2.75) is 0 Å². The van der Waals surface area contributed by atoms with E-state index in [2.05, 4.69) is 22.6 Å². The Morgan fingerprint density at radius 1 is 0.351 bits per heavy atom. The number of para-hydroxylation sites is 2. The van der Waals surface area contributed by atoms with E-state index < -0.39 is 0 Å². The number of hydrogen-bond donors (Lipinski definition) is 0. The number of benzene rings is 5. The average Bonchev–Trinajstić information content (AvgIpc) is 3.29. The van der Waals surface area contributed by atoms with Crippen LogP contribution in [-0.4, -0.2) is 13.2 Å². The van der Waals surface area contributed by atoms with Crippen LogP contribution in [0.1, 0.15) is 0 Å². The number of hydrogen-bond acceptors (Lipinski definition) is 2. The van der Waals surface area contributed by atoms with Crippen molar-refractivity contribution >= 4 is 81.7 Å². The van der Waals surface area contributed by atoms with Crippen LogP contribution in [0.15, 0.2) is 101 Å². The van der Waals surface area contributed by atoms with Gasteiger partial charge in [-0.05, 0) is 41.1 Å². The van der Waals surface area contributed by atoms with E-state index in [0.717, 1.165) is 70.9 Å². The Morgan fingerprint density at radius 2 is 0.784 bits per heavy atom. The molecule has 0 atom stereocenters. The van der Waals surface area contributed by atoms with E-state index in [1.807, 2.05) is 81.6 Å². The van der Waals surface area contributed by atoms with Crippen molar-refractivity contribution < 1.29 is 0 Å². The fourth-order valence-corrected chi connectivity index (χ4v) is 7.10. The summed E-state index contributed by atoms with van der Waals surface area (Å²) in [5.41, 5.74) is 6.32. The first-order valence-corrected chi connectivity index (χ1v) is 12.4. The molecule has 0 spiro atoms. The van der Waals surface area contributed by atoms with E-state index in [-0.39, 0.29) is 11.1 Å². The Bertz CT molecular complexity index is 2540. The van der Waals surface area contributed by atoms with Crippen LogP contribution in [0.25, 0.3) is 81.7 Å². The number of fused-ring (bicyclic) bond motifs is 7. The van der Waals surface area contributed by atoms with Crippen molar-refractivity contribution in [2.75, 3.05) is 0 Å². The second-order valence-electron chi connectivity index (χ2n) is 10.1. The molecular weight excluding hydrogens is 458 g/mol. The number of rotatable bonds is 0. The minimum atomic E-state index is -0.0387. The summed E-state index contributed by atoms with van der Waals surface area (Å²) >= 11 is 0. The van der Waals surface area contributed by atoms with Crippen molar-refractivity contribution in [3.05, 3.63) is 112 Å². The van der Waals surface area contributed by atoms with Gasteiger partial charge >= 0.3 is 0 Å². The van der Waals surface area contributed by atoms with Crippen molar-refractivity contribution in [3.8, 4) is 0 Å². The Kier molecular flexibility index (Phi) is 2.76. The van der Waals surface area contributed by atoms with Crippen LogP contribution < -0.4 is 11.1 Å². The van der Waals surface area contributed by atoms with E-state index in [0.29, 0.717) is 10.8 Å². The largest absolute Gasteiger partial charge is 0.301 e. The summed E-state index contributed by atoms with van der Waals surface area (Å²) < 4.78 is 6.06. The molecule has 0 aliphatic rings. The Balaban J connectivity index is 1.79. The van der Waals surface area contributed by atoms with Gasteiger partial charge in [0.1, 0.15) is 0 Å². The molecule has 0 aliphatic carbocycles. The zero-order valence-corrected chi connectivity index (χ0v) is 19.3. The summed E-state index contributed by atoms with van der Waals surface area (Å²) in [6.07, 6.45) is 0.